The van der Waals surface area contributed by atoms with E-state index in [0.717, 1.165) is 5.69 Å². The van der Waals surface area contributed by atoms with Crippen molar-refractivity contribution in [2.45, 2.75) is 37.3 Å². The zero-order chi connectivity index (χ0) is 16.5. The number of methoxy groups -OCH3 is 1. The van der Waals surface area contributed by atoms with Gasteiger partial charge in [0, 0.05) is 31.3 Å². The molecule has 2 heterocycles. The second kappa shape index (κ2) is 5.89. The summed E-state index contributed by atoms with van der Waals surface area (Å²) in [7, 11) is -1.98. The minimum atomic E-state index is -3.54. The lowest BCUT2D eigenvalue weighted by atomic mass is 10.3. The number of sulfone groups is 1. The van der Waals surface area contributed by atoms with E-state index in [0.29, 0.717) is 18.0 Å². The van der Waals surface area contributed by atoms with Gasteiger partial charge in [-0.1, -0.05) is 0 Å². The van der Waals surface area contributed by atoms with Crippen molar-refractivity contribution in [3.63, 3.8) is 0 Å². The summed E-state index contributed by atoms with van der Waals surface area (Å²) < 4.78 is 37.1. The first-order valence-corrected chi connectivity index (χ1v) is 8.51. The summed E-state index contributed by atoms with van der Waals surface area (Å²) >= 11 is 0. The van der Waals surface area contributed by atoms with Crippen molar-refractivity contribution in [1.82, 2.24) is 9.38 Å². The summed E-state index contributed by atoms with van der Waals surface area (Å²) in [5.41, 5.74) is 1.52. The number of rotatable bonds is 5. The molecule has 0 saturated carbocycles. The van der Waals surface area contributed by atoms with E-state index in [4.69, 9.17) is 9.47 Å². The predicted octanol–water partition coefficient (Wildman–Crippen LogP) is 2.24. The molecule has 0 aliphatic rings. The van der Waals surface area contributed by atoms with E-state index in [1.807, 2.05) is 6.92 Å². The molecule has 0 amide bonds. The Morgan fingerprint density at radius 3 is 2.55 bits per heavy atom. The second-order valence-corrected chi connectivity index (χ2v) is 8.76. The molecule has 0 bridgehead atoms. The first kappa shape index (κ1) is 16.8. The fourth-order valence-corrected chi connectivity index (χ4v) is 3.27. The van der Waals surface area contributed by atoms with Gasteiger partial charge in [0.25, 0.3) is 0 Å². The minimum absolute atomic E-state index is 0.171. The number of hydrogen-bond acceptors (Lipinski definition) is 5. The Balaban J connectivity index is 2.62. The Bertz CT molecular complexity index is 773. The first-order chi connectivity index (χ1) is 10.2. The van der Waals surface area contributed by atoms with Gasteiger partial charge >= 0.3 is 0 Å². The smallest absolute Gasteiger partial charge is 0.188 e. The van der Waals surface area contributed by atoms with Crippen LogP contribution in [0, 0.1) is 6.92 Å². The molecule has 0 spiro atoms. The van der Waals surface area contributed by atoms with Gasteiger partial charge in [-0.05, 0) is 27.7 Å². The third kappa shape index (κ3) is 2.96. The van der Waals surface area contributed by atoms with Gasteiger partial charge in [-0.2, -0.15) is 0 Å². The molecule has 0 radical (unpaired) electrons. The largest absolute Gasteiger partial charge is 0.490 e. The number of aryl methyl sites for hydroxylation is 1. The summed E-state index contributed by atoms with van der Waals surface area (Å²) in [6.45, 7) is 7.55. The first-order valence-electron chi connectivity index (χ1n) is 7.02. The summed E-state index contributed by atoms with van der Waals surface area (Å²) in [6.07, 6.45) is 3.28. The second-order valence-electron chi connectivity index (χ2n) is 6.09. The third-order valence-corrected chi connectivity index (χ3v) is 5.90. The molecule has 0 fully saturated rings. The summed E-state index contributed by atoms with van der Waals surface area (Å²) in [5.74, 6) is 0.310. The van der Waals surface area contributed by atoms with Crippen LogP contribution in [0.15, 0.2) is 23.4 Å². The van der Waals surface area contributed by atoms with Crippen molar-refractivity contribution < 1.29 is 17.9 Å². The van der Waals surface area contributed by atoms with Crippen LogP contribution >= 0.6 is 0 Å². The van der Waals surface area contributed by atoms with Gasteiger partial charge in [0.1, 0.15) is 22.9 Å². The van der Waals surface area contributed by atoms with Crippen LogP contribution in [0.25, 0.3) is 5.65 Å². The molecule has 0 aliphatic heterocycles. The van der Waals surface area contributed by atoms with Crippen molar-refractivity contribution >= 4 is 15.5 Å². The lowest BCUT2D eigenvalue weighted by Crippen LogP contribution is -2.28. The summed E-state index contributed by atoms with van der Waals surface area (Å²) in [5, 5.41) is 0. The van der Waals surface area contributed by atoms with Crippen molar-refractivity contribution in [2.24, 2.45) is 0 Å². The molecule has 7 heteroatoms. The maximum Gasteiger partial charge on any atom is 0.188 e. The highest BCUT2D eigenvalue weighted by atomic mass is 32.2. The quantitative estimate of drug-likeness (QED) is 0.788. The van der Waals surface area contributed by atoms with Crippen LogP contribution < -0.4 is 4.74 Å². The maximum atomic E-state index is 12.8. The minimum Gasteiger partial charge on any atom is -0.490 e. The van der Waals surface area contributed by atoms with Crippen LogP contribution in [0.2, 0.25) is 0 Å². The molecule has 2 aromatic heterocycles. The van der Waals surface area contributed by atoms with Gasteiger partial charge in [0.15, 0.2) is 9.84 Å². The van der Waals surface area contributed by atoms with Crippen molar-refractivity contribution in [3.8, 4) is 5.75 Å². The molecule has 0 N–H and O–H groups in total. The van der Waals surface area contributed by atoms with Crippen molar-refractivity contribution in [3.05, 3.63) is 24.2 Å². The Hall–Kier alpha value is -1.60. The van der Waals surface area contributed by atoms with Gasteiger partial charge in [-0.15, -0.1) is 0 Å². The number of hydrogen-bond donors (Lipinski definition) is 0. The molecule has 2 aromatic rings. The molecular formula is C15H22N2O4S. The lowest BCUT2D eigenvalue weighted by Gasteiger charge is -2.21. The fourth-order valence-electron chi connectivity index (χ4n) is 1.99. The molecule has 22 heavy (non-hydrogen) atoms. The predicted molar refractivity (Wildman–Crippen MR) is 84.2 cm³/mol. The Labute approximate surface area is 131 Å². The number of pyridine rings is 1. The zero-order valence-corrected chi connectivity index (χ0v) is 14.4. The van der Waals surface area contributed by atoms with Gasteiger partial charge in [0.2, 0.25) is 0 Å². The monoisotopic (exact) mass is 326 g/mol. The lowest BCUT2D eigenvalue weighted by molar-refractivity contribution is 0.144. The highest BCUT2D eigenvalue weighted by Gasteiger charge is 2.34. The Morgan fingerprint density at radius 1 is 1.27 bits per heavy atom. The molecule has 122 valence electrons. The molecular weight excluding hydrogens is 304 g/mol. The van der Waals surface area contributed by atoms with Crippen LogP contribution in [0.3, 0.4) is 0 Å². The SMILES string of the molecule is COCCOc1cc2ncc(C)n2cc1S(=O)(=O)C(C)(C)C. The van der Waals surface area contributed by atoms with Crippen LogP contribution in [-0.2, 0) is 14.6 Å². The standard InChI is InChI=1S/C15H22N2O4S/c1-11-9-16-14-8-12(21-7-6-20-5)13(10-17(11)14)22(18,19)15(2,3)4/h8-10H,6-7H2,1-5H3. The molecule has 0 aromatic carbocycles. The van der Waals surface area contributed by atoms with Crippen LogP contribution in [0.4, 0.5) is 0 Å². The number of imidazole rings is 1. The van der Waals surface area contributed by atoms with Crippen LogP contribution in [0.1, 0.15) is 26.5 Å². The highest BCUT2D eigenvalue weighted by Crippen LogP contribution is 2.33. The number of nitrogens with zero attached hydrogens (tertiary/aromatic N) is 2. The van der Waals surface area contributed by atoms with Crippen molar-refractivity contribution in [1.29, 1.82) is 0 Å². The zero-order valence-electron chi connectivity index (χ0n) is 13.6. The van der Waals surface area contributed by atoms with Crippen LogP contribution in [-0.4, -0.2) is 42.9 Å². The van der Waals surface area contributed by atoms with E-state index in [1.54, 1.807) is 50.7 Å². The highest BCUT2D eigenvalue weighted by molar-refractivity contribution is 7.92. The van der Waals surface area contributed by atoms with Gasteiger partial charge in [-0.3, -0.25) is 0 Å². The summed E-state index contributed by atoms with van der Waals surface area (Å²) in [6, 6.07) is 1.65. The number of fused-ring (bicyclic) bond motifs is 1. The molecule has 0 atom stereocenters. The fraction of sp³-hybridized carbons (Fsp3) is 0.533. The van der Waals surface area contributed by atoms with Crippen molar-refractivity contribution in [2.75, 3.05) is 20.3 Å². The number of aromatic nitrogens is 2. The average molecular weight is 326 g/mol. The van der Waals surface area contributed by atoms with Gasteiger partial charge in [-0.25, -0.2) is 13.4 Å². The number of ether oxygens (including phenoxy) is 2. The maximum absolute atomic E-state index is 12.8. The van der Waals surface area contributed by atoms with Crippen LogP contribution in [0.5, 0.6) is 5.75 Å². The van der Waals surface area contributed by atoms with E-state index < -0.39 is 14.6 Å². The topological polar surface area (TPSA) is 69.9 Å². The van der Waals surface area contributed by atoms with Gasteiger partial charge in [0.05, 0.1) is 11.4 Å². The van der Waals surface area contributed by atoms with E-state index in [9.17, 15) is 8.42 Å². The molecule has 0 aliphatic carbocycles. The normalized spacial score (nSPS) is 12.8. The van der Waals surface area contributed by atoms with E-state index in [2.05, 4.69) is 4.98 Å². The molecule has 6 nitrogen and oxygen atoms in total. The van der Waals surface area contributed by atoms with E-state index in [-0.39, 0.29) is 11.5 Å². The Kier molecular flexibility index (Phi) is 4.49. The Morgan fingerprint density at radius 2 is 1.95 bits per heavy atom. The molecule has 0 saturated heterocycles. The summed E-state index contributed by atoms with van der Waals surface area (Å²) in [4.78, 5) is 4.42. The average Bonchev–Trinajstić information content (AvgIpc) is 2.78. The van der Waals surface area contributed by atoms with Gasteiger partial charge < -0.3 is 13.9 Å². The molecule has 2 rings (SSSR count). The third-order valence-electron chi connectivity index (χ3n) is 3.40. The van der Waals surface area contributed by atoms with E-state index >= 15 is 0 Å². The molecule has 0 unspecified atom stereocenters. The van der Waals surface area contributed by atoms with E-state index in [1.165, 1.54) is 0 Å².